The number of aromatic nitrogens is 2. The Labute approximate surface area is 123 Å². The molecule has 19 heavy (non-hydrogen) atoms. The second-order valence-corrected chi connectivity index (χ2v) is 5.40. The Bertz CT molecular complexity index is 628. The SMILES string of the molecule is O=C1CCc2cc(Oc3ncc(I)cn3)ccc2N1. The molecule has 1 amide bonds. The molecule has 1 aliphatic heterocycles. The smallest absolute Gasteiger partial charge is 0.321 e. The Hall–Kier alpha value is -1.70. The van der Waals surface area contributed by atoms with Crippen molar-refractivity contribution in [2.24, 2.45) is 0 Å². The second kappa shape index (κ2) is 5.12. The number of amides is 1. The summed E-state index contributed by atoms with van der Waals surface area (Å²) in [7, 11) is 0. The fourth-order valence-electron chi connectivity index (χ4n) is 1.88. The summed E-state index contributed by atoms with van der Waals surface area (Å²) >= 11 is 2.14. The monoisotopic (exact) mass is 367 g/mol. The number of carbonyl (C=O) groups excluding carboxylic acids is 1. The maximum absolute atomic E-state index is 11.3. The van der Waals surface area contributed by atoms with Crippen LogP contribution in [0, 0.1) is 3.57 Å². The van der Waals surface area contributed by atoms with Crippen molar-refractivity contribution in [1.82, 2.24) is 9.97 Å². The molecular formula is C13H10IN3O2. The number of hydrogen-bond acceptors (Lipinski definition) is 4. The molecule has 0 fully saturated rings. The molecule has 3 rings (SSSR count). The highest BCUT2D eigenvalue weighted by Gasteiger charge is 2.15. The van der Waals surface area contributed by atoms with E-state index in [2.05, 4.69) is 37.9 Å². The Morgan fingerprint density at radius 2 is 2.00 bits per heavy atom. The lowest BCUT2D eigenvalue weighted by Crippen LogP contribution is -2.18. The molecule has 0 bridgehead atoms. The number of aryl methyl sites for hydroxylation is 1. The van der Waals surface area contributed by atoms with Crippen LogP contribution in [0.5, 0.6) is 11.8 Å². The first-order valence-electron chi connectivity index (χ1n) is 5.79. The number of anilines is 1. The molecule has 6 heteroatoms. The molecule has 1 aliphatic rings. The van der Waals surface area contributed by atoms with Gasteiger partial charge in [0.25, 0.3) is 0 Å². The first kappa shape index (κ1) is 12.3. The van der Waals surface area contributed by atoms with Gasteiger partial charge in [-0.3, -0.25) is 4.79 Å². The highest BCUT2D eigenvalue weighted by atomic mass is 127. The van der Waals surface area contributed by atoms with Gasteiger partial charge >= 0.3 is 6.01 Å². The number of fused-ring (bicyclic) bond motifs is 1. The number of hydrogen-bond donors (Lipinski definition) is 1. The molecule has 5 nitrogen and oxygen atoms in total. The van der Waals surface area contributed by atoms with Gasteiger partial charge in [-0.05, 0) is 52.8 Å². The van der Waals surface area contributed by atoms with E-state index >= 15 is 0 Å². The van der Waals surface area contributed by atoms with Gasteiger partial charge in [0.15, 0.2) is 0 Å². The average Bonchev–Trinajstić information content (AvgIpc) is 2.42. The van der Waals surface area contributed by atoms with Gasteiger partial charge in [-0.1, -0.05) is 0 Å². The number of rotatable bonds is 2. The second-order valence-electron chi connectivity index (χ2n) is 4.15. The van der Waals surface area contributed by atoms with Crippen LogP contribution in [0.2, 0.25) is 0 Å². The minimum atomic E-state index is 0.0575. The fraction of sp³-hybridized carbons (Fsp3) is 0.154. The van der Waals surface area contributed by atoms with Crippen LogP contribution in [0.1, 0.15) is 12.0 Å². The molecule has 1 aromatic heterocycles. The third-order valence-electron chi connectivity index (χ3n) is 2.78. The molecule has 0 saturated heterocycles. The van der Waals surface area contributed by atoms with Gasteiger partial charge in [0.2, 0.25) is 5.91 Å². The van der Waals surface area contributed by atoms with Crippen LogP contribution in [0.15, 0.2) is 30.6 Å². The highest BCUT2D eigenvalue weighted by Crippen LogP contribution is 2.28. The van der Waals surface area contributed by atoms with Crippen molar-refractivity contribution in [2.75, 3.05) is 5.32 Å². The summed E-state index contributed by atoms with van der Waals surface area (Å²) in [6.45, 7) is 0. The Morgan fingerprint density at radius 3 is 2.79 bits per heavy atom. The quantitative estimate of drug-likeness (QED) is 0.830. The van der Waals surface area contributed by atoms with Crippen LogP contribution in [0.25, 0.3) is 0 Å². The Morgan fingerprint density at radius 1 is 1.21 bits per heavy atom. The van der Waals surface area contributed by atoms with Gasteiger partial charge in [-0.2, -0.15) is 0 Å². The summed E-state index contributed by atoms with van der Waals surface area (Å²) in [6, 6.07) is 5.87. The van der Waals surface area contributed by atoms with E-state index in [1.165, 1.54) is 0 Å². The minimum Gasteiger partial charge on any atom is -0.424 e. The zero-order valence-electron chi connectivity index (χ0n) is 9.89. The molecule has 1 N–H and O–H groups in total. The lowest BCUT2D eigenvalue weighted by Gasteiger charge is -2.17. The third kappa shape index (κ3) is 2.83. The molecule has 0 unspecified atom stereocenters. The van der Waals surface area contributed by atoms with Crippen molar-refractivity contribution in [3.05, 3.63) is 39.7 Å². The molecule has 2 aromatic rings. The lowest BCUT2D eigenvalue weighted by molar-refractivity contribution is -0.116. The van der Waals surface area contributed by atoms with E-state index in [1.807, 2.05) is 12.1 Å². The zero-order chi connectivity index (χ0) is 13.2. The van der Waals surface area contributed by atoms with Crippen LogP contribution in [0.4, 0.5) is 5.69 Å². The number of benzene rings is 1. The Balaban J connectivity index is 1.82. The number of ether oxygens (including phenoxy) is 1. The highest BCUT2D eigenvalue weighted by molar-refractivity contribution is 14.1. The lowest BCUT2D eigenvalue weighted by atomic mass is 10.0. The van der Waals surface area contributed by atoms with Crippen LogP contribution >= 0.6 is 22.6 Å². The number of carbonyl (C=O) groups is 1. The summed E-state index contributed by atoms with van der Waals surface area (Å²) in [6.07, 6.45) is 4.63. The maximum Gasteiger partial charge on any atom is 0.321 e. The normalized spacial score (nSPS) is 13.6. The summed E-state index contributed by atoms with van der Waals surface area (Å²) in [5, 5.41) is 2.83. The van der Waals surface area contributed by atoms with Gasteiger partial charge in [-0.15, -0.1) is 0 Å². The predicted molar refractivity (Wildman–Crippen MR) is 78.2 cm³/mol. The van der Waals surface area contributed by atoms with E-state index in [9.17, 15) is 4.79 Å². The van der Waals surface area contributed by atoms with Crippen LogP contribution < -0.4 is 10.1 Å². The van der Waals surface area contributed by atoms with Gasteiger partial charge in [0, 0.05) is 28.1 Å². The standard InChI is InChI=1S/C13H10IN3O2/c14-9-6-15-13(16-7-9)19-10-2-3-11-8(5-10)1-4-12(18)17-11/h2-3,5-7H,1,4H2,(H,17,18). The van der Waals surface area contributed by atoms with Gasteiger partial charge in [-0.25, -0.2) is 9.97 Å². The van der Waals surface area contributed by atoms with Crippen LogP contribution in [-0.2, 0) is 11.2 Å². The fourth-order valence-corrected chi connectivity index (χ4v) is 2.16. The summed E-state index contributed by atoms with van der Waals surface area (Å²) in [5.74, 6) is 0.734. The molecule has 2 heterocycles. The van der Waals surface area contributed by atoms with Crippen molar-refractivity contribution in [2.45, 2.75) is 12.8 Å². The van der Waals surface area contributed by atoms with Gasteiger partial charge in [0.1, 0.15) is 5.75 Å². The number of nitrogens with one attached hydrogen (secondary N) is 1. The maximum atomic E-state index is 11.3. The van der Waals surface area contributed by atoms with Gasteiger partial charge < -0.3 is 10.1 Å². The van der Waals surface area contributed by atoms with Crippen LogP contribution in [-0.4, -0.2) is 15.9 Å². The van der Waals surface area contributed by atoms with Crippen molar-refractivity contribution in [1.29, 1.82) is 0 Å². The van der Waals surface area contributed by atoms with E-state index in [0.717, 1.165) is 21.2 Å². The summed E-state index contributed by atoms with van der Waals surface area (Å²) in [5.41, 5.74) is 1.93. The van der Waals surface area contributed by atoms with Crippen molar-refractivity contribution in [3.63, 3.8) is 0 Å². The first-order chi connectivity index (χ1) is 9.20. The predicted octanol–water partition coefficient (Wildman–Crippen LogP) is 2.76. The van der Waals surface area contributed by atoms with E-state index in [4.69, 9.17) is 4.74 Å². The van der Waals surface area contributed by atoms with E-state index in [0.29, 0.717) is 18.2 Å². The molecule has 0 radical (unpaired) electrons. The van der Waals surface area contributed by atoms with Crippen molar-refractivity contribution in [3.8, 4) is 11.8 Å². The molecule has 0 saturated carbocycles. The molecule has 0 spiro atoms. The molecule has 96 valence electrons. The minimum absolute atomic E-state index is 0.0575. The Kier molecular flexibility index (Phi) is 3.33. The summed E-state index contributed by atoms with van der Waals surface area (Å²) in [4.78, 5) is 19.4. The summed E-state index contributed by atoms with van der Waals surface area (Å²) < 4.78 is 6.54. The van der Waals surface area contributed by atoms with Gasteiger partial charge in [0.05, 0.1) is 0 Å². The largest absolute Gasteiger partial charge is 0.424 e. The van der Waals surface area contributed by atoms with Crippen LogP contribution in [0.3, 0.4) is 0 Å². The number of halogens is 1. The van der Waals surface area contributed by atoms with E-state index in [1.54, 1.807) is 18.5 Å². The third-order valence-corrected chi connectivity index (χ3v) is 3.34. The van der Waals surface area contributed by atoms with E-state index in [-0.39, 0.29) is 5.91 Å². The molecule has 0 atom stereocenters. The number of nitrogens with zero attached hydrogens (tertiary/aromatic N) is 2. The molecule has 1 aromatic carbocycles. The zero-order valence-corrected chi connectivity index (χ0v) is 12.0. The average molecular weight is 367 g/mol. The molecule has 0 aliphatic carbocycles. The molecular weight excluding hydrogens is 357 g/mol. The van der Waals surface area contributed by atoms with Crippen molar-refractivity contribution < 1.29 is 9.53 Å². The first-order valence-corrected chi connectivity index (χ1v) is 6.87. The van der Waals surface area contributed by atoms with E-state index < -0.39 is 0 Å². The topological polar surface area (TPSA) is 64.1 Å². The van der Waals surface area contributed by atoms with Crippen molar-refractivity contribution >= 4 is 34.2 Å².